The van der Waals surface area contributed by atoms with E-state index in [0.29, 0.717) is 5.01 Å². The molecule has 13 heteroatoms. The molecule has 170 valence electrons. The molecule has 0 saturated heterocycles. The van der Waals surface area contributed by atoms with Crippen LogP contribution in [0, 0.1) is 5.82 Å². The molecule has 2 atom stereocenters. The summed E-state index contributed by atoms with van der Waals surface area (Å²) in [4.78, 5) is 31.6. The molecule has 0 amide bonds. The normalized spacial score (nSPS) is 19.8. The van der Waals surface area contributed by atoms with Crippen LogP contribution in [0.1, 0.15) is 17.5 Å². The number of nitrogens with one attached hydrogen (secondary N) is 1. The lowest BCUT2D eigenvalue weighted by Gasteiger charge is -2.34. The van der Waals surface area contributed by atoms with Gasteiger partial charge in [-0.1, -0.05) is 12.1 Å². The summed E-state index contributed by atoms with van der Waals surface area (Å²) in [6.07, 6.45) is -6.96. The van der Waals surface area contributed by atoms with Crippen LogP contribution in [0.3, 0.4) is 0 Å². The number of carbonyl (C=O) groups is 2. The lowest BCUT2D eigenvalue weighted by Crippen LogP contribution is -2.44. The van der Waals surface area contributed by atoms with Crippen LogP contribution in [0.25, 0.3) is 0 Å². The molecule has 1 aliphatic heterocycles. The van der Waals surface area contributed by atoms with Crippen molar-refractivity contribution >= 4 is 29.1 Å². The van der Waals surface area contributed by atoms with Crippen LogP contribution in [-0.4, -0.2) is 51.9 Å². The molecule has 1 aromatic heterocycles. The summed E-state index contributed by atoms with van der Waals surface area (Å²) in [7, 11) is 0. The Labute approximate surface area is 181 Å². The van der Waals surface area contributed by atoms with Crippen molar-refractivity contribution in [3.05, 3.63) is 63.5 Å². The van der Waals surface area contributed by atoms with Crippen molar-refractivity contribution in [3.8, 4) is 0 Å². The SMILES string of the molecule is CC1(c2ccc(F)cc2)N=C(c2nccs2)NC(COC(C(=O)O)C(F)(F)F)=C1C(=O)O. The standard InChI is InChI=1S/C19H15F4N3O5S/c1-18(9-2-4-10(20)5-3-9)12(16(27)28)11(8-31-13(17(29)30)19(21,22)23)25-14(26-18)15-24-6-7-32-15/h2-7,13H,8H2,1H3,(H,25,26)(H,27,28)(H,29,30). The van der Waals surface area contributed by atoms with Gasteiger partial charge in [0, 0.05) is 11.6 Å². The van der Waals surface area contributed by atoms with Crippen LogP contribution in [0.2, 0.25) is 0 Å². The van der Waals surface area contributed by atoms with Gasteiger partial charge in [0.05, 0.1) is 17.9 Å². The molecule has 0 aliphatic carbocycles. The Kier molecular flexibility index (Phi) is 6.32. The zero-order chi connectivity index (χ0) is 23.7. The maximum Gasteiger partial charge on any atom is 0.425 e. The summed E-state index contributed by atoms with van der Waals surface area (Å²) in [6.45, 7) is 0.357. The number of hydrogen-bond acceptors (Lipinski definition) is 7. The highest BCUT2D eigenvalue weighted by Gasteiger charge is 2.48. The summed E-state index contributed by atoms with van der Waals surface area (Å²) < 4.78 is 57.0. The molecule has 1 aliphatic rings. The molecule has 0 radical (unpaired) electrons. The number of hydrogen-bond donors (Lipinski definition) is 3. The molecule has 0 spiro atoms. The topological polar surface area (TPSA) is 121 Å². The molecular formula is C19H15F4N3O5S. The number of rotatable bonds is 7. The Morgan fingerprint density at radius 2 is 1.91 bits per heavy atom. The van der Waals surface area contributed by atoms with E-state index in [0.717, 1.165) is 23.5 Å². The highest BCUT2D eigenvalue weighted by Crippen LogP contribution is 2.38. The number of halogens is 4. The summed E-state index contributed by atoms with van der Waals surface area (Å²) in [6, 6.07) is 4.75. The third-order valence-electron chi connectivity index (χ3n) is 4.56. The highest BCUT2D eigenvalue weighted by molar-refractivity contribution is 7.11. The highest BCUT2D eigenvalue weighted by atomic mass is 32.1. The van der Waals surface area contributed by atoms with Crippen molar-refractivity contribution in [3.63, 3.8) is 0 Å². The van der Waals surface area contributed by atoms with Gasteiger partial charge in [0.2, 0.25) is 0 Å². The maximum absolute atomic E-state index is 13.4. The Hall–Kier alpha value is -3.32. The fourth-order valence-electron chi connectivity index (χ4n) is 3.15. The largest absolute Gasteiger partial charge is 0.479 e. The zero-order valence-electron chi connectivity index (χ0n) is 16.2. The smallest absolute Gasteiger partial charge is 0.425 e. The first kappa shape index (κ1) is 23.3. The van der Waals surface area contributed by atoms with Crippen molar-refractivity contribution in [2.24, 2.45) is 4.99 Å². The molecule has 3 N–H and O–H groups in total. The molecule has 8 nitrogen and oxygen atoms in total. The molecular weight excluding hydrogens is 458 g/mol. The van der Waals surface area contributed by atoms with E-state index in [9.17, 15) is 32.3 Å². The van der Waals surface area contributed by atoms with Crippen molar-refractivity contribution in [1.29, 1.82) is 0 Å². The van der Waals surface area contributed by atoms with Gasteiger partial charge in [-0.3, -0.25) is 0 Å². The second kappa shape index (κ2) is 8.67. The second-order valence-corrected chi connectivity index (χ2v) is 7.63. The van der Waals surface area contributed by atoms with E-state index in [4.69, 9.17) is 5.11 Å². The molecule has 32 heavy (non-hydrogen) atoms. The first-order valence-corrected chi connectivity index (χ1v) is 9.72. The van der Waals surface area contributed by atoms with Gasteiger partial charge < -0.3 is 20.3 Å². The fourth-order valence-corrected chi connectivity index (χ4v) is 3.73. The van der Waals surface area contributed by atoms with Gasteiger partial charge in [0.15, 0.2) is 10.8 Å². The molecule has 3 rings (SSSR count). The minimum absolute atomic E-state index is 0.0364. The number of aliphatic carboxylic acids is 2. The third-order valence-corrected chi connectivity index (χ3v) is 5.34. The van der Waals surface area contributed by atoms with E-state index in [-0.39, 0.29) is 17.1 Å². The Morgan fingerprint density at radius 3 is 2.41 bits per heavy atom. The number of thiazole rings is 1. The average molecular weight is 473 g/mol. The van der Waals surface area contributed by atoms with Crippen LogP contribution in [0.5, 0.6) is 0 Å². The van der Waals surface area contributed by atoms with Crippen LogP contribution in [0.15, 0.2) is 52.1 Å². The molecule has 2 unspecified atom stereocenters. The van der Waals surface area contributed by atoms with Gasteiger partial charge in [-0.2, -0.15) is 13.2 Å². The van der Waals surface area contributed by atoms with E-state index in [2.05, 4.69) is 20.0 Å². The van der Waals surface area contributed by atoms with Crippen LogP contribution < -0.4 is 5.32 Å². The van der Waals surface area contributed by atoms with Crippen molar-refractivity contribution in [2.75, 3.05) is 6.61 Å². The number of ether oxygens (including phenoxy) is 1. The first-order valence-electron chi connectivity index (χ1n) is 8.84. The van der Waals surface area contributed by atoms with E-state index in [1.54, 1.807) is 5.38 Å². The van der Waals surface area contributed by atoms with E-state index < -0.39 is 47.8 Å². The van der Waals surface area contributed by atoms with Gasteiger partial charge in [0.1, 0.15) is 11.4 Å². The summed E-state index contributed by atoms with van der Waals surface area (Å²) in [5.41, 5.74) is -2.28. The second-order valence-electron chi connectivity index (χ2n) is 6.73. The zero-order valence-corrected chi connectivity index (χ0v) is 17.0. The number of alkyl halides is 3. The number of benzene rings is 1. The van der Waals surface area contributed by atoms with Gasteiger partial charge in [-0.15, -0.1) is 11.3 Å². The Morgan fingerprint density at radius 1 is 1.25 bits per heavy atom. The van der Waals surface area contributed by atoms with Crippen molar-refractivity contribution < 1.29 is 42.1 Å². The van der Waals surface area contributed by atoms with Gasteiger partial charge in [-0.25, -0.2) is 24.0 Å². The van der Waals surface area contributed by atoms with Crippen LogP contribution in [-0.2, 0) is 19.9 Å². The first-order chi connectivity index (χ1) is 14.9. The quantitative estimate of drug-likeness (QED) is 0.529. The van der Waals surface area contributed by atoms with Gasteiger partial charge >= 0.3 is 18.1 Å². The van der Waals surface area contributed by atoms with E-state index in [1.807, 2.05) is 0 Å². The summed E-state index contributed by atoms with van der Waals surface area (Å²) >= 11 is 1.12. The molecule has 2 heterocycles. The number of aromatic nitrogens is 1. The van der Waals surface area contributed by atoms with Crippen LogP contribution in [0.4, 0.5) is 17.6 Å². The molecule has 1 aromatic carbocycles. The number of nitrogens with zero attached hydrogens (tertiary/aromatic N) is 2. The molecule has 2 aromatic rings. The van der Waals surface area contributed by atoms with Gasteiger partial charge in [-0.05, 0) is 24.6 Å². The van der Waals surface area contributed by atoms with Crippen LogP contribution >= 0.6 is 11.3 Å². The number of amidine groups is 1. The number of carboxylic acids is 2. The minimum atomic E-state index is -5.23. The van der Waals surface area contributed by atoms with Gasteiger partial charge in [0.25, 0.3) is 6.10 Å². The summed E-state index contributed by atoms with van der Waals surface area (Å²) in [5, 5.41) is 23.2. The minimum Gasteiger partial charge on any atom is -0.479 e. The van der Waals surface area contributed by atoms with E-state index >= 15 is 0 Å². The maximum atomic E-state index is 13.4. The summed E-state index contributed by atoms with van der Waals surface area (Å²) in [5.74, 6) is -4.37. The predicted molar refractivity (Wildman–Crippen MR) is 104 cm³/mol. The molecule has 0 fully saturated rings. The third kappa shape index (κ3) is 4.62. The van der Waals surface area contributed by atoms with Crippen molar-refractivity contribution in [1.82, 2.24) is 10.3 Å². The van der Waals surface area contributed by atoms with Crippen molar-refractivity contribution in [2.45, 2.75) is 24.7 Å². The molecule has 0 saturated carbocycles. The number of aliphatic imine (C=N–C) groups is 1. The average Bonchev–Trinajstić information content (AvgIpc) is 3.21. The predicted octanol–water partition coefficient (Wildman–Crippen LogP) is 2.92. The monoisotopic (exact) mass is 473 g/mol. The fraction of sp³-hybridized carbons (Fsp3) is 0.263. The lowest BCUT2D eigenvalue weighted by molar-refractivity contribution is -0.225. The number of carboxylic acid groups (broad SMARTS) is 2. The lowest BCUT2D eigenvalue weighted by atomic mass is 9.82. The Bertz CT molecular complexity index is 1080. The Balaban J connectivity index is 2.12. The van der Waals surface area contributed by atoms with E-state index in [1.165, 1.54) is 25.3 Å². The molecule has 0 bridgehead atoms.